The molecule has 1 atom stereocenters. The van der Waals surface area contributed by atoms with E-state index < -0.39 is 0 Å². The van der Waals surface area contributed by atoms with Crippen LogP contribution in [-0.4, -0.2) is 32.6 Å². The van der Waals surface area contributed by atoms with E-state index in [4.69, 9.17) is 9.47 Å². The quantitative estimate of drug-likeness (QED) is 0.868. The Morgan fingerprint density at radius 3 is 2.33 bits per heavy atom. The Balaban J connectivity index is 1.95. The van der Waals surface area contributed by atoms with Gasteiger partial charge >= 0.3 is 0 Å². The average Bonchev–Trinajstić information content (AvgIpc) is 2.79. The maximum atomic E-state index is 5.51. The molecule has 1 fully saturated rings. The highest BCUT2D eigenvalue weighted by molar-refractivity contribution is 5.29. The van der Waals surface area contributed by atoms with E-state index >= 15 is 0 Å². The fraction of sp³-hybridized carbons (Fsp3) is 0.600. The minimum absolute atomic E-state index is 0.0339. The standard InChI is InChI=1S/C15H23NO2/c1-11-6-12(2)8-13(7-11)9-14(16-3)10-15-17-4-5-18-15/h6-8,14-16H,4-5,9-10H2,1-3H3. The molecule has 1 unspecified atom stereocenters. The zero-order valence-corrected chi connectivity index (χ0v) is 11.5. The monoisotopic (exact) mass is 249 g/mol. The third-order valence-corrected chi connectivity index (χ3v) is 3.34. The molecule has 1 N–H and O–H groups in total. The van der Waals surface area contributed by atoms with Crippen molar-refractivity contribution >= 4 is 0 Å². The molecule has 1 aromatic rings. The second kappa shape index (κ2) is 6.32. The number of nitrogens with one attached hydrogen (secondary N) is 1. The van der Waals surface area contributed by atoms with Crippen molar-refractivity contribution in [2.75, 3.05) is 20.3 Å². The minimum Gasteiger partial charge on any atom is -0.350 e. The number of hydrogen-bond acceptors (Lipinski definition) is 3. The first kappa shape index (κ1) is 13.5. The predicted molar refractivity (Wildman–Crippen MR) is 72.8 cm³/mol. The van der Waals surface area contributed by atoms with Gasteiger partial charge in [0.25, 0.3) is 0 Å². The van der Waals surface area contributed by atoms with Crippen molar-refractivity contribution in [2.24, 2.45) is 0 Å². The maximum Gasteiger partial charge on any atom is 0.159 e. The van der Waals surface area contributed by atoms with Crippen molar-refractivity contribution in [3.8, 4) is 0 Å². The lowest BCUT2D eigenvalue weighted by atomic mass is 9.99. The smallest absolute Gasteiger partial charge is 0.159 e. The van der Waals surface area contributed by atoms with Crippen LogP contribution >= 0.6 is 0 Å². The zero-order valence-electron chi connectivity index (χ0n) is 11.5. The van der Waals surface area contributed by atoms with Gasteiger partial charge in [-0.05, 0) is 32.9 Å². The van der Waals surface area contributed by atoms with Gasteiger partial charge < -0.3 is 14.8 Å². The molecule has 1 aliphatic rings. The highest BCUT2D eigenvalue weighted by Gasteiger charge is 2.20. The van der Waals surface area contributed by atoms with E-state index in [0.717, 1.165) is 26.1 Å². The minimum atomic E-state index is -0.0339. The molecule has 1 saturated heterocycles. The Morgan fingerprint density at radius 2 is 1.78 bits per heavy atom. The summed E-state index contributed by atoms with van der Waals surface area (Å²) in [6.07, 6.45) is 1.89. The van der Waals surface area contributed by atoms with E-state index in [1.807, 2.05) is 7.05 Å². The lowest BCUT2D eigenvalue weighted by Gasteiger charge is -2.19. The molecular formula is C15H23NO2. The normalized spacial score (nSPS) is 18.2. The Hall–Kier alpha value is -0.900. The van der Waals surface area contributed by atoms with Crippen LogP contribution in [0.4, 0.5) is 0 Å². The van der Waals surface area contributed by atoms with Crippen molar-refractivity contribution in [3.63, 3.8) is 0 Å². The first-order valence-electron chi connectivity index (χ1n) is 6.65. The van der Waals surface area contributed by atoms with Crippen molar-refractivity contribution in [1.29, 1.82) is 0 Å². The molecule has 1 heterocycles. The molecule has 100 valence electrons. The average molecular weight is 249 g/mol. The molecule has 0 amide bonds. The zero-order chi connectivity index (χ0) is 13.0. The Labute approximate surface area is 109 Å². The molecule has 0 spiro atoms. The van der Waals surface area contributed by atoms with E-state index in [1.165, 1.54) is 16.7 Å². The van der Waals surface area contributed by atoms with Crippen LogP contribution in [0.25, 0.3) is 0 Å². The highest BCUT2D eigenvalue weighted by Crippen LogP contribution is 2.16. The number of hydrogen-bond donors (Lipinski definition) is 1. The molecule has 3 heteroatoms. The van der Waals surface area contributed by atoms with Crippen LogP contribution in [-0.2, 0) is 15.9 Å². The summed E-state index contributed by atoms with van der Waals surface area (Å²) in [5.41, 5.74) is 4.03. The second-order valence-electron chi connectivity index (χ2n) is 5.09. The molecule has 2 rings (SSSR count). The summed E-state index contributed by atoms with van der Waals surface area (Å²) in [5, 5.41) is 3.36. The number of ether oxygens (including phenoxy) is 2. The van der Waals surface area contributed by atoms with Crippen molar-refractivity contribution in [1.82, 2.24) is 5.32 Å². The van der Waals surface area contributed by atoms with Gasteiger partial charge in [0, 0.05) is 12.5 Å². The molecule has 1 aromatic carbocycles. The van der Waals surface area contributed by atoms with Gasteiger partial charge in [-0.3, -0.25) is 0 Å². The third-order valence-electron chi connectivity index (χ3n) is 3.34. The topological polar surface area (TPSA) is 30.5 Å². The molecule has 18 heavy (non-hydrogen) atoms. The van der Waals surface area contributed by atoms with Gasteiger partial charge in [-0.15, -0.1) is 0 Å². The number of benzene rings is 1. The Morgan fingerprint density at radius 1 is 1.17 bits per heavy atom. The van der Waals surface area contributed by atoms with Gasteiger partial charge in [0.1, 0.15) is 0 Å². The summed E-state index contributed by atoms with van der Waals surface area (Å²) in [5.74, 6) is 0. The van der Waals surface area contributed by atoms with E-state index in [0.29, 0.717) is 6.04 Å². The second-order valence-corrected chi connectivity index (χ2v) is 5.09. The van der Waals surface area contributed by atoms with Gasteiger partial charge in [-0.1, -0.05) is 29.3 Å². The molecule has 0 bridgehead atoms. The summed E-state index contributed by atoms with van der Waals surface area (Å²) in [4.78, 5) is 0. The fourth-order valence-corrected chi connectivity index (χ4v) is 2.55. The predicted octanol–water partition coefficient (Wildman–Crippen LogP) is 2.20. The fourth-order valence-electron chi connectivity index (χ4n) is 2.55. The lowest BCUT2D eigenvalue weighted by Crippen LogP contribution is -2.32. The Kier molecular flexibility index (Phi) is 4.75. The molecule has 0 saturated carbocycles. The first-order chi connectivity index (χ1) is 8.67. The SMILES string of the molecule is CNC(Cc1cc(C)cc(C)c1)CC1OCCO1. The molecule has 0 aliphatic carbocycles. The number of likely N-dealkylation sites (N-methyl/N-ethyl adjacent to an activating group) is 1. The maximum absolute atomic E-state index is 5.51. The number of rotatable bonds is 5. The summed E-state index contributed by atoms with van der Waals surface area (Å²) < 4.78 is 11.0. The molecule has 3 nitrogen and oxygen atoms in total. The van der Waals surface area contributed by atoms with Gasteiger partial charge in [0.2, 0.25) is 0 Å². The van der Waals surface area contributed by atoms with Crippen molar-refractivity contribution in [2.45, 2.75) is 39.0 Å². The third kappa shape index (κ3) is 3.80. The van der Waals surface area contributed by atoms with Gasteiger partial charge in [-0.25, -0.2) is 0 Å². The van der Waals surface area contributed by atoms with Crippen LogP contribution in [0.2, 0.25) is 0 Å². The van der Waals surface area contributed by atoms with E-state index in [9.17, 15) is 0 Å². The lowest BCUT2D eigenvalue weighted by molar-refractivity contribution is -0.0522. The van der Waals surface area contributed by atoms with Gasteiger partial charge in [-0.2, -0.15) is 0 Å². The van der Waals surface area contributed by atoms with E-state index in [2.05, 4.69) is 37.4 Å². The van der Waals surface area contributed by atoms with Crippen molar-refractivity contribution < 1.29 is 9.47 Å². The van der Waals surface area contributed by atoms with Crippen LogP contribution in [0.5, 0.6) is 0 Å². The van der Waals surface area contributed by atoms with Gasteiger partial charge in [0.05, 0.1) is 13.2 Å². The van der Waals surface area contributed by atoms with Gasteiger partial charge in [0.15, 0.2) is 6.29 Å². The van der Waals surface area contributed by atoms with Crippen LogP contribution < -0.4 is 5.32 Å². The summed E-state index contributed by atoms with van der Waals surface area (Å²) in [6.45, 7) is 5.75. The first-order valence-corrected chi connectivity index (χ1v) is 6.65. The summed E-state index contributed by atoms with van der Waals surface area (Å²) in [6, 6.07) is 7.12. The van der Waals surface area contributed by atoms with E-state index in [1.54, 1.807) is 0 Å². The largest absolute Gasteiger partial charge is 0.350 e. The highest BCUT2D eigenvalue weighted by atomic mass is 16.7. The molecule has 0 radical (unpaired) electrons. The van der Waals surface area contributed by atoms with Crippen LogP contribution in [0.1, 0.15) is 23.1 Å². The molecule has 1 aliphatic heterocycles. The van der Waals surface area contributed by atoms with E-state index in [-0.39, 0.29) is 6.29 Å². The summed E-state index contributed by atoms with van der Waals surface area (Å²) in [7, 11) is 2.00. The van der Waals surface area contributed by atoms with Crippen LogP contribution in [0.3, 0.4) is 0 Å². The van der Waals surface area contributed by atoms with Crippen molar-refractivity contribution in [3.05, 3.63) is 34.9 Å². The summed E-state index contributed by atoms with van der Waals surface area (Å²) >= 11 is 0. The van der Waals surface area contributed by atoms with Crippen LogP contribution in [0, 0.1) is 13.8 Å². The van der Waals surface area contributed by atoms with Crippen LogP contribution in [0.15, 0.2) is 18.2 Å². The molecule has 0 aromatic heterocycles. The molecular weight excluding hydrogens is 226 g/mol. The Bertz CT molecular complexity index is 366. The number of aryl methyl sites for hydroxylation is 2.